The Kier molecular flexibility index (Phi) is 6.13. The molecule has 0 fully saturated rings. The zero-order chi connectivity index (χ0) is 16.6. The van der Waals surface area contributed by atoms with E-state index in [0.717, 1.165) is 24.4 Å². The standard InChI is InChI=1S/C20H22N2OS/c23-19(20-7-4-14-24-20)16-22(15-18-5-2-1-3-6-18)13-10-17-8-11-21-12-9-17/h1-9,11-12,14,19,23H,10,13,15-16H2. The first kappa shape index (κ1) is 16.8. The van der Waals surface area contributed by atoms with Gasteiger partial charge >= 0.3 is 0 Å². The smallest absolute Gasteiger partial charge is 0.101 e. The summed E-state index contributed by atoms with van der Waals surface area (Å²) in [5.41, 5.74) is 2.54. The summed E-state index contributed by atoms with van der Waals surface area (Å²) in [6.07, 6.45) is 4.17. The molecule has 3 nitrogen and oxygen atoms in total. The second-order valence-electron chi connectivity index (χ2n) is 5.86. The van der Waals surface area contributed by atoms with Crippen molar-refractivity contribution in [2.24, 2.45) is 0 Å². The Labute approximate surface area is 147 Å². The Morgan fingerprint density at radius 1 is 0.958 bits per heavy atom. The average molecular weight is 338 g/mol. The van der Waals surface area contributed by atoms with Gasteiger partial charge in [0.1, 0.15) is 6.10 Å². The number of aliphatic hydroxyl groups excluding tert-OH is 1. The first-order valence-electron chi connectivity index (χ1n) is 8.18. The molecule has 2 heterocycles. The molecule has 0 aliphatic carbocycles. The first-order valence-corrected chi connectivity index (χ1v) is 9.06. The molecule has 0 aliphatic rings. The Balaban J connectivity index is 1.65. The maximum Gasteiger partial charge on any atom is 0.101 e. The predicted octanol–water partition coefficient (Wildman–Crippen LogP) is 3.92. The van der Waals surface area contributed by atoms with Crippen LogP contribution in [0.15, 0.2) is 72.4 Å². The second kappa shape index (κ2) is 8.73. The highest BCUT2D eigenvalue weighted by Gasteiger charge is 2.15. The topological polar surface area (TPSA) is 36.4 Å². The number of hydrogen-bond acceptors (Lipinski definition) is 4. The van der Waals surface area contributed by atoms with Crippen LogP contribution in [0.4, 0.5) is 0 Å². The summed E-state index contributed by atoms with van der Waals surface area (Å²) in [6, 6.07) is 18.5. The Morgan fingerprint density at radius 3 is 2.46 bits per heavy atom. The molecule has 0 saturated heterocycles. The third-order valence-corrected chi connectivity index (χ3v) is 4.99. The lowest BCUT2D eigenvalue weighted by Crippen LogP contribution is -2.30. The van der Waals surface area contributed by atoms with Gasteiger partial charge < -0.3 is 5.11 Å². The highest BCUT2D eigenvalue weighted by molar-refractivity contribution is 7.10. The summed E-state index contributed by atoms with van der Waals surface area (Å²) in [5.74, 6) is 0. The fourth-order valence-corrected chi connectivity index (χ4v) is 3.43. The first-order chi connectivity index (χ1) is 11.8. The van der Waals surface area contributed by atoms with Crippen LogP contribution in [0.25, 0.3) is 0 Å². The fourth-order valence-electron chi connectivity index (χ4n) is 2.73. The van der Waals surface area contributed by atoms with Gasteiger partial charge in [-0.3, -0.25) is 9.88 Å². The molecular formula is C20H22N2OS. The summed E-state index contributed by atoms with van der Waals surface area (Å²) < 4.78 is 0. The highest BCUT2D eigenvalue weighted by atomic mass is 32.1. The van der Waals surface area contributed by atoms with Crippen LogP contribution in [0.2, 0.25) is 0 Å². The second-order valence-corrected chi connectivity index (χ2v) is 6.84. The van der Waals surface area contributed by atoms with Gasteiger partial charge in [-0.15, -0.1) is 11.3 Å². The van der Waals surface area contributed by atoms with Gasteiger partial charge in [-0.1, -0.05) is 36.4 Å². The summed E-state index contributed by atoms with van der Waals surface area (Å²) in [4.78, 5) is 7.41. The van der Waals surface area contributed by atoms with E-state index >= 15 is 0 Å². The van der Waals surface area contributed by atoms with Crippen LogP contribution in [0.1, 0.15) is 22.1 Å². The molecule has 3 aromatic rings. The molecule has 0 radical (unpaired) electrons. The quantitative estimate of drug-likeness (QED) is 0.676. The van der Waals surface area contributed by atoms with E-state index in [4.69, 9.17) is 0 Å². The van der Waals surface area contributed by atoms with Crippen molar-refractivity contribution in [3.05, 3.63) is 88.4 Å². The molecule has 0 bridgehead atoms. The third-order valence-electron chi connectivity index (χ3n) is 4.02. The maximum atomic E-state index is 10.5. The highest BCUT2D eigenvalue weighted by Crippen LogP contribution is 2.20. The third kappa shape index (κ3) is 4.99. The molecule has 0 saturated carbocycles. The van der Waals surface area contributed by atoms with Crippen molar-refractivity contribution >= 4 is 11.3 Å². The largest absolute Gasteiger partial charge is 0.386 e. The maximum absolute atomic E-state index is 10.5. The van der Waals surface area contributed by atoms with Crippen molar-refractivity contribution in [3.8, 4) is 0 Å². The summed E-state index contributed by atoms with van der Waals surface area (Å²) >= 11 is 1.61. The van der Waals surface area contributed by atoms with E-state index in [1.54, 1.807) is 11.3 Å². The van der Waals surface area contributed by atoms with Gasteiger partial charge in [0.05, 0.1) is 0 Å². The molecule has 3 rings (SSSR count). The molecule has 0 aliphatic heterocycles. The molecule has 0 spiro atoms. The van der Waals surface area contributed by atoms with Crippen LogP contribution in [0, 0.1) is 0 Å². The molecule has 1 atom stereocenters. The van der Waals surface area contributed by atoms with Gasteiger partial charge in [0.25, 0.3) is 0 Å². The Bertz CT molecular complexity index is 701. The van der Waals surface area contributed by atoms with Gasteiger partial charge in [-0.05, 0) is 41.1 Å². The summed E-state index contributed by atoms with van der Waals surface area (Å²) in [7, 11) is 0. The Morgan fingerprint density at radius 2 is 1.75 bits per heavy atom. The number of aromatic nitrogens is 1. The summed E-state index contributed by atoms with van der Waals surface area (Å²) in [5, 5.41) is 12.5. The zero-order valence-electron chi connectivity index (χ0n) is 13.6. The van der Waals surface area contributed by atoms with E-state index in [2.05, 4.69) is 46.3 Å². The molecular weight excluding hydrogens is 316 g/mol. The Hall–Kier alpha value is -2.01. The molecule has 0 amide bonds. The molecule has 1 unspecified atom stereocenters. The van der Waals surface area contributed by atoms with Crippen LogP contribution in [0.3, 0.4) is 0 Å². The van der Waals surface area contributed by atoms with Gasteiger partial charge in [-0.2, -0.15) is 0 Å². The van der Waals surface area contributed by atoms with Crippen LogP contribution in [0.5, 0.6) is 0 Å². The SMILES string of the molecule is OC(CN(CCc1ccncc1)Cc1ccccc1)c1cccs1. The van der Waals surface area contributed by atoms with E-state index in [9.17, 15) is 5.11 Å². The average Bonchev–Trinajstić information content (AvgIpc) is 3.16. The molecule has 24 heavy (non-hydrogen) atoms. The van der Waals surface area contributed by atoms with E-state index < -0.39 is 6.10 Å². The van der Waals surface area contributed by atoms with Gasteiger partial charge in [-0.25, -0.2) is 0 Å². The lowest BCUT2D eigenvalue weighted by atomic mass is 10.1. The number of pyridine rings is 1. The fraction of sp³-hybridized carbons (Fsp3) is 0.250. The number of nitrogens with zero attached hydrogens (tertiary/aromatic N) is 2. The van der Waals surface area contributed by atoms with Crippen molar-refractivity contribution in [1.82, 2.24) is 9.88 Å². The van der Waals surface area contributed by atoms with E-state index in [1.807, 2.05) is 36.0 Å². The normalized spacial score (nSPS) is 12.4. The molecule has 1 aromatic carbocycles. The van der Waals surface area contributed by atoms with Crippen LogP contribution in [-0.4, -0.2) is 28.1 Å². The van der Waals surface area contributed by atoms with Gasteiger partial charge in [0, 0.05) is 36.9 Å². The number of thiophene rings is 1. The number of rotatable bonds is 8. The minimum absolute atomic E-state index is 0.439. The predicted molar refractivity (Wildman–Crippen MR) is 98.9 cm³/mol. The van der Waals surface area contributed by atoms with Crippen molar-refractivity contribution < 1.29 is 5.11 Å². The monoisotopic (exact) mass is 338 g/mol. The lowest BCUT2D eigenvalue weighted by Gasteiger charge is -2.25. The molecule has 124 valence electrons. The number of benzene rings is 1. The minimum Gasteiger partial charge on any atom is -0.386 e. The van der Waals surface area contributed by atoms with Gasteiger partial charge in [0.2, 0.25) is 0 Å². The molecule has 2 aromatic heterocycles. The van der Waals surface area contributed by atoms with Crippen LogP contribution >= 0.6 is 11.3 Å². The van der Waals surface area contributed by atoms with E-state index in [-0.39, 0.29) is 0 Å². The lowest BCUT2D eigenvalue weighted by molar-refractivity contribution is 0.112. The van der Waals surface area contributed by atoms with E-state index in [0.29, 0.717) is 6.54 Å². The van der Waals surface area contributed by atoms with Crippen LogP contribution in [-0.2, 0) is 13.0 Å². The molecule has 4 heteroatoms. The van der Waals surface area contributed by atoms with Crippen molar-refractivity contribution in [1.29, 1.82) is 0 Å². The van der Waals surface area contributed by atoms with Crippen molar-refractivity contribution in [3.63, 3.8) is 0 Å². The van der Waals surface area contributed by atoms with Crippen molar-refractivity contribution in [2.75, 3.05) is 13.1 Å². The number of hydrogen-bond donors (Lipinski definition) is 1. The molecule has 1 N–H and O–H groups in total. The minimum atomic E-state index is -0.439. The van der Waals surface area contributed by atoms with Crippen LogP contribution < -0.4 is 0 Å². The number of aliphatic hydroxyl groups is 1. The van der Waals surface area contributed by atoms with E-state index in [1.165, 1.54) is 11.1 Å². The van der Waals surface area contributed by atoms with Gasteiger partial charge in [0.15, 0.2) is 0 Å². The zero-order valence-corrected chi connectivity index (χ0v) is 14.4. The van der Waals surface area contributed by atoms with Crippen molar-refractivity contribution in [2.45, 2.75) is 19.1 Å². The summed E-state index contributed by atoms with van der Waals surface area (Å²) in [6.45, 7) is 2.39.